The number of halogens is 1. The highest BCUT2D eigenvalue weighted by Crippen LogP contribution is 2.35. The first-order chi connectivity index (χ1) is 7.99. The molecule has 1 unspecified atom stereocenters. The minimum atomic E-state index is -0.828. The Morgan fingerprint density at radius 1 is 1.41 bits per heavy atom. The van der Waals surface area contributed by atoms with Crippen molar-refractivity contribution in [1.82, 2.24) is 0 Å². The predicted octanol–water partition coefficient (Wildman–Crippen LogP) is 2.73. The summed E-state index contributed by atoms with van der Waals surface area (Å²) in [7, 11) is 3.09. The lowest BCUT2D eigenvalue weighted by Gasteiger charge is -2.15. The zero-order valence-electron chi connectivity index (χ0n) is 9.99. The average molecular weight is 303 g/mol. The Morgan fingerprint density at radius 3 is 2.53 bits per heavy atom. The topological polar surface area (TPSA) is 55.8 Å². The van der Waals surface area contributed by atoms with Gasteiger partial charge in [-0.2, -0.15) is 0 Å². The predicted molar refractivity (Wildman–Crippen MR) is 67.7 cm³/mol. The van der Waals surface area contributed by atoms with Crippen molar-refractivity contribution in [3.8, 4) is 11.5 Å². The first kappa shape index (κ1) is 13.8. The average Bonchev–Trinajstić information content (AvgIpc) is 2.27. The van der Waals surface area contributed by atoms with Gasteiger partial charge in [-0.15, -0.1) is 0 Å². The van der Waals surface area contributed by atoms with Crippen LogP contribution in [0.25, 0.3) is 0 Å². The van der Waals surface area contributed by atoms with E-state index in [9.17, 15) is 4.79 Å². The normalized spacial score (nSPS) is 12.0. The maximum absolute atomic E-state index is 10.9. The lowest BCUT2D eigenvalue weighted by atomic mass is 10.0. The van der Waals surface area contributed by atoms with Crippen LogP contribution < -0.4 is 9.47 Å². The van der Waals surface area contributed by atoms with Gasteiger partial charge in [0.15, 0.2) is 11.5 Å². The molecule has 0 aromatic heterocycles. The molecule has 0 fully saturated rings. The quantitative estimate of drug-likeness (QED) is 0.908. The van der Waals surface area contributed by atoms with Gasteiger partial charge in [-0.25, -0.2) is 0 Å². The second kappa shape index (κ2) is 5.91. The van der Waals surface area contributed by atoms with Gasteiger partial charge in [-0.3, -0.25) is 4.79 Å². The first-order valence-corrected chi connectivity index (χ1v) is 5.92. The van der Waals surface area contributed by atoms with Crippen LogP contribution >= 0.6 is 15.9 Å². The Kier molecular flexibility index (Phi) is 4.81. The second-order valence-corrected chi connectivity index (χ2v) is 4.66. The Morgan fingerprint density at radius 2 is 2.06 bits per heavy atom. The molecule has 1 aromatic carbocycles. The van der Waals surface area contributed by atoms with E-state index in [0.29, 0.717) is 17.9 Å². The molecule has 1 N–H and O–H groups in total. The second-order valence-electron chi connectivity index (χ2n) is 3.74. The molecule has 94 valence electrons. The maximum atomic E-state index is 10.9. The van der Waals surface area contributed by atoms with Crippen LogP contribution in [0.5, 0.6) is 11.5 Å². The van der Waals surface area contributed by atoms with Gasteiger partial charge in [0.1, 0.15) is 0 Å². The van der Waals surface area contributed by atoms with Gasteiger partial charge in [-0.1, -0.05) is 22.9 Å². The highest BCUT2D eigenvalue weighted by atomic mass is 79.9. The molecular formula is C12H15BrO4. The number of carboxylic acid groups (broad SMARTS) is 1. The summed E-state index contributed by atoms with van der Waals surface area (Å²) in [5.74, 6) is -0.118. The van der Waals surface area contributed by atoms with E-state index in [2.05, 4.69) is 15.9 Å². The molecule has 0 saturated carbocycles. The van der Waals surface area contributed by atoms with Crippen molar-refractivity contribution in [3.05, 3.63) is 22.2 Å². The van der Waals surface area contributed by atoms with Crippen molar-refractivity contribution >= 4 is 21.9 Å². The molecular weight excluding hydrogens is 288 g/mol. The Balaban J connectivity index is 3.12. The third-order valence-corrected chi connectivity index (χ3v) is 2.93. The number of ether oxygens (including phenoxy) is 2. The highest BCUT2D eigenvalue weighted by molar-refractivity contribution is 9.10. The zero-order chi connectivity index (χ0) is 13.0. The summed E-state index contributed by atoms with van der Waals surface area (Å²) in [6, 6.07) is 3.63. The van der Waals surface area contributed by atoms with E-state index in [-0.39, 0.29) is 0 Å². The minimum absolute atomic E-state index is 0.397. The molecule has 0 heterocycles. The first-order valence-electron chi connectivity index (χ1n) is 5.12. The number of carbonyl (C=O) groups is 1. The smallest absolute Gasteiger partial charge is 0.306 e. The van der Waals surface area contributed by atoms with Crippen LogP contribution in [0.3, 0.4) is 0 Å². The lowest BCUT2D eigenvalue weighted by Crippen LogP contribution is -2.13. The molecule has 17 heavy (non-hydrogen) atoms. The molecule has 0 saturated heterocycles. The monoisotopic (exact) mass is 302 g/mol. The van der Waals surface area contributed by atoms with Crippen LogP contribution in [0.15, 0.2) is 16.6 Å². The molecule has 0 radical (unpaired) electrons. The van der Waals surface area contributed by atoms with E-state index in [1.807, 2.05) is 6.07 Å². The van der Waals surface area contributed by atoms with Gasteiger partial charge in [0, 0.05) is 4.47 Å². The number of aliphatic carboxylic acids is 1. The number of rotatable bonds is 5. The van der Waals surface area contributed by atoms with Gasteiger partial charge in [0.25, 0.3) is 0 Å². The van der Waals surface area contributed by atoms with Crippen LogP contribution in [0.2, 0.25) is 0 Å². The molecule has 1 atom stereocenters. The van der Waals surface area contributed by atoms with E-state index in [1.54, 1.807) is 27.2 Å². The van der Waals surface area contributed by atoms with Crippen LogP contribution in [-0.2, 0) is 11.2 Å². The zero-order valence-corrected chi connectivity index (χ0v) is 11.6. The number of methoxy groups -OCH3 is 2. The van der Waals surface area contributed by atoms with Crippen molar-refractivity contribution in [2.75, 3.05) is 14.2 Å². The number of benzene rings is 1. The number of hydrogen-bond donors (Lipinski definition) is 1. The molecule has 0 bridgehead atoms. The number of carboxylic acids is 1. The van der Waals surface area contributed by atoms with Crippen molar-refractivity contribution < 1.29 is 19.4 Å². The molecule has 0 aliphatic carbocycles. The fourth-order valence-electron chi connectivity index (χ4n) is 1.57. The summed E-state index contributed by atoms with van der Waals surface area (Å²) in [6.07, 6.45) is 0.397. The summed E-state index contributed by atoms with van der Waals surface area (Å²) in [6.45, 7) is 1.66. The summed E-state index contributed by atoms with van der Waals surface area (Å²) in [5, 5.41) is 8.92. The highest BCUT2D eigenvalue weighted by Gasteiger charge is 2.18. The van der Waals surface area contributed by atoms with Crippen molar-refractivity contribution in [2.45, 2.75) is 13.3 Å². The van der Waals surface area contributed by atoms with Gasteiger partial charge in [0.2, 0.25) is 0 Å². The van der Waals surface area contributed by atoms with Crippen LogP contribution in [0, 0.1) is 5.92 Å². The molecule has 0 aliphatic heterocycles. The standard InChI is InChI=1S/C12H15BrO4/c1-7(12(14)15)4-8-5-9(13)6-10(16-2)11(8)17-3/h5-7H,4H2,1-3H3,(H,14,15). The summed E-state index contributed by atoms with van der Waals surface area (Å²) < 4.78 is 11.3. The van der Waals surface area contributed by atoms with Gasteiger partial charge in [-0.05, 0) is 24.1 Å². The Labute approximate surface area is 109 Å². The molecule has 5 heteroatoms. The molecule has 0 aliphatic rings. The van der Waals surface area contributed by atoms with E-state index in [4.69, 9.17) is 14.6 Å². The van der Waals surface area contributed by atoms with Crippen LogP contribution in [-0.4, -0.2) is 25.3 Å². The van der Waals surface area contributed by atoms with Crippen molar-refractivity contribution in [2.24, 2.45) is 5.92 Å². The summed E-state index contributed by atoms with van der Waals surface area (Å²) in [4.78, 5) is 10.9. The van der Waals surface area contributed by atoms with Crippen molar-refractivity contribution in [1.29, 1.82) is 0 Å². The largest absolute Gasteiger partial charge is 0.493 e. The summed E-state index contributed by atoms with van der Waals surface area (Å²) in [5.41, 5.74) is 0.814. The van der Waals surface area contributed by atoms with E-state index in [1.165, 1.54) is 0 Å². The van der Waals surface area contributed by atoms with Gasteiger partial charge < -0.3 is 14.6 Å². The molecule has 1 rings (SSSR count). The third-order valence-electron chi connectivity index (χ3n) is 2.47. The fourth-order valence-corrected chi connectivity index (χ4v) is 2.06. The van der Waals surface area contributed by atoms with Gasteiger partial charge in [0.05, 0.1) is 20.1 Å². The fraction of sp³-hybridized carbons (Fsp3) is 0.417. The molecule has 0 spiro atoms. The SMILES string of the molecule is COc1cc(Br)cc(CC(C)C(=O)O)c1OC. The molecule has 0 amide bonds. The van der Waals surface area contributed by atoms with E-state index in [0.717, 1.165) is 10.0 Å². The van der Waals surface area contributed by atoms with E-state index < -0.39 is 11.9 Å². The Hall–Kier alpha value is -1.23. The van der Waals surface area contributed by atoms with Gasteiger partial charge >= 0.3 is 5.97 Å². The molecule has 4 nitrogen and oxygen atoms in total. The lowest BCUT2D eigenvalue weighted by molar-refractivity contribution is -0.141. The summed E-state index contributed by atoms with van der Waals surface area (Å²) >= 11 is 3.36. The Bertz CT molecular complexity index is 417. The molecule has 1 aromatic rings. The van der Waals surface area contributed by atoms with Crippen LogP contribution in [0.1, 0.15) is 12.5 Å². The van der Waals surface area contributed by atoms with E-state index >= 15 is 0 Å². The number of hydrogen-bond acceptors (Lipinski definition) is 3. The van der Waals surface area contributed by atoms with Crippen LogP contribution in [0.4, 0.5) is 0 Å². The maximum Gasteiger partial charge on any atom is 0.306 e. The van der Waals surface area contributed by atoms with Crippen molar-refractivity contribution in [3.63, 3.8) is 0 Å². The third kappa shape index (κ3) is 3.36. The minimum Gasteiger partial charge on any atom is -0.493 e.